The lowest BCUT2D eigenvalue weighted by molar-refractivity contribution is -0.0409. The average molecular weight is 214 g/mol. The molecule has 0 amide bonds. The van der Waals surface area contributed by atoms with E-state index in [4.69, 9.17) is 10.5 Å². The van der Waals surface area contributed by atoms with Crippen LogP contribution < -0.4 is 5.73 Å². The van der Waals surface area contributed by atoms with Crippen molar-refractivity contribution in [2.45, 2.75) is 37.3 Å². The summed E-state index contributed by atoms with van der Waals surface area (Å²) in [7, 11) is 0. The van der Waals surface area contributed by atoms with Gasteiger partial charge in [0.1, 0.15) is 0 Å². The van der Waals surface area contributed by atoms with E-state index >= 15 is 0 Å². The minimum Gasteiger partial charge on any atom is -0.388 e. The molecule has 4 heteroatoms. The molecule has 0 atom stereocenters. The first kappa shape index (κ1) is 11.3. The highest BCUT2D eigenvalue weighted by Gasteiger charge is 2.33. The summed E-state index contributed by atoms with van der Waals surface area (Å²) in [4.78, 5) is 2.49. The summed E-state index contributed by atoms with van der Waals surface area (Å²) < 4.78 is 5.36. The van der Waals surface area contributed by atoms with Crippen LogP contribution in [0.3, 0.4) is 0 Å². The van der Waals surface area contributed by atoms with Crippen molar-refractivity contribution in [3.8, 4) is 0 Å². The fourth-order valence-corrected chi connectivity index (χ4v) is 2.56. The van der Waals surface area contributed by atoms with E-state index in [0.717, 1.165) is 52.0 Å². The third-order valence-electron chi connectivity index (χ3n) is 3.82. The van der Waals surface area contributed by atoms with Crippen molar-refractivity contribution in [1.82, 2.24) is 4.90 Å². The quantitative estimate of drug-likeness (QED) is 0.677. The van der Waals surface area contributed by atoms with Crippen molar-refractivity contribution in [1.29, 1.82) is 0 Å². The van der Waals surface area contributed by atoms with Crippen LogP contribution in [-0.4, -0.2) is 54.5 Å². The number of rotatable bonds is 2. The zero-order valence-corrected chi connectivity index (χ0v) is 9.32. The van der Waals surface area contributed by atoms with E-state index in [1.807, 2.05) is 0 Å². The van der Waals surface area contributed by atoms with Gasteiger partial charge in [0.2, 0.25) is 0 Å². The van der Waals surface area contributed by atoms with Gasteiger partial charge in [0.15, 0.2) is 0 Å². The number of aliphatic hydroxyl groups is 1. The molecule has 0 aliphatic carbocycles. The molecule has 0 aromatic rings. The van der Waals surface area contributed by atoms with Crippen LogP contribution in [0.25, 0.3) is 0 Å². The van der Waals surface area contributed by atoms with E-state index in [1.165, 1.54) is 0 Å². The lowest BCUT2D eigenvalue weighted by Gasteiger charge is -2.42. The molecule has 4 nitrogen and oxygen atoms in total. The number of nitrogens with zero attached hydrogens (tertiary/aromatic N) is 1. The van der Waals surface area contributed by atoms with Crippen LogP contribution in [0.1, 0.15) is 25.7 Å². The number of nitrogens with two attached hydrogens (primary N) is 1. The number of hydrogen-bond acceptors (Lipinski definition) is 4. The van der Waals surface area contributed by atoms with Crippen molar-refractivity contribution in [3.63, 3.8) is 0 Å². The molecule has 2 aliphatic rings. The molecule has 3 N–H and O–H groups in total. The highest BCUT2D eigenvalue weighted by Crippen LogP contribution is 2.25. The fraction of sp³-hybridized carbons (Fsp3) is 1.00. The zero-order valence-electron chi connectivity index (χ0n) is 9.32. The normalized spacial score (nSPS) is 29.2. The summed E-state index contributed by atoms with van der Waals surface area (Å²) in [5.74, 6) is 0. The van der Waals surface area contributed by atoms with Gasteiger partial charge in [-0.05, 0) is 25.7 Å². The Balaban J connectivity index is 1.82. The van der Waals surface area contributed by atoms with Gasteiger partial charge in [-0.15, -0.1) is 0 Å². The maximum absolute atomic E-state index is 10.0. The highest BCUT2D eigenvalue weighted by molar-refractivity contribution is 4.89. The van der Waals surface area contributed by atoms with E-state index in [1.54, 1.807) is 0 Å². The van der Waals surface area contributed by atoms with Gasteiger partial charge in [-0.2, -0.15) is 0 Å². The molecule has 0 bridgehead atoms. The Morgan fingerprint density at radius 2 is 1.87 bits per heavy atom. The molecule has 0 spiro atoms. The van der Waals surface area contributed by atoms with Gasteiger partial charge in [0.05, 0.1) is 5.60 Å². The second-order valence-corrected chi connectivity index (χ2v) is 4.81. The smallest absolute Gasteiger partial charge is 0.0793 e. The van der Waals surface area contributed by atoms with Gasteiger partial charge < -0.3 is 15.6 Å². The summed E-state index contributed by atoms with van der Waals surface area (Å²) in [5.41, 5.74) is 4.98. The van der Waals surface area contributed by atoms with E-state index < -0.39 is 5.60 Å². The molecule has 0 radical (unpaired) electrons. The first-order valence-corrected chi connectivity index (χ1v) is 5.98. The second kappa shape index (κ2) is 4.78. The fourth-order valence-electron chi connectivity index (χ4n) is 2.56. The molecule has 88 valence electrons. The molecule has 2 rings (SSSR count). The SMILES string of the molecule is NCC1(O)CCN(C2CCOCC2)CC1. The third-order valence-corrected chi connectivity index (χ3v) is 3.82. The van der Waals surface area contributed by atoms with Gasteiger partial charge in [-0.1, -0.05) is 0 Å². The van der Waals surface area contributed by atoms with Gasteiger partial charge in [-0.3, -0.25) is 4.90 Å². The molecule has 0 saturated carbocycles. The summed E-state index contributed by atoms with van der Waals surface area (Å²) in [6, 6.07) is 0.668. The molecule has 2 aliphatic heterocycles. The maximum atomic E-state index is 10.0. The Labute approximate surface area is 91.4 Å². The van der Waals surface area contributed by atoms with Gasteiger partial charge >= 0.3 is 0 Å². The van der Waals surface area contributed by atoms with Crippen LogP contribution in [0.5, 0.6) is 0 Å². The predicted octanol–water partition coefficient (Wildman–Crippen LogP) is -0.0490. The van der Waals surface area contributed by atoms with Crippen molar-refractivity contribution < 1.29 is 9.84 Å². The van der Waals surface area contributed by atoms with E-state index in [2.05, 4.69) is 4.90 Å². The van der Waals surface area contributed by atoms with E-state index in [-0.39, 0.29) is 0 Å². The number of ether oxygens (including phenoxy) is 1. The van der Waals surface area contributed by atoms with Gasteiger partial charge in [0.25, 0.3) is 0 Å². The number of likely N-dealkylation sites (tertiary alicyclic amines) is 1. The van der Waals surface area contributed by atoms with E-state index in [9.17, 15) is 5.11 Å². The molecule has 15 heavy (non-hydrogen) atoms. The van der Waals surface area contributed by atoms with Crippen molar-refractivity contribution in [2.75, 3.05) is 32.8 Å². The first-order valence-electron chi connectivity index (χ1n) is 5.98. The van der Waals surface area contributed by atoms with Crippen LogP contribution >= 0.6 is 0 Å². The lowest BCUT2D eigenvalue weighted by atomic mass is 9.90. The zero-order chi connectivity index (χ0) is 10.7. The molecule has 0 unspecified atom stereocenters. The van der Waals surface area contributed by atoms with Crippen molar-refractivity contribution in [3.05, 3.63) is 0 Å². The predicted molar refractivity (Wildman–Crippen MR) is 58.7 cm³/mol. The molecular formula is C11H22N2O2. The standard InChI is InChI=1S/C11H22N2O2/c12-9-11(14)3-5-13(6-4-11)10-1-7-15-8-2-10/h10,14H,1-9,12H2. The van der Waals surface area contributed by atoms with Crippen molar-refractivity contribution in [2.24, 2.45) is 5.73 Å². The summed E-state index contributed by atoms with van der Waals surface area (Å²) in [5, 5.41) is 10.0. The molecule has 2 saturated heterocycles. The Bertz CT molecular complexity index is 197. The maximum Gasteiger partial charge on any atom is 0.0793 e. The Kier molecular flexibility index (Phi) is 3.61. The van der Waals surface area contributed by atoms with Crippen molar-refractivity contribution >= 4 is 0 Å². The summed E-state index contributed by atoms with van der Waals surface area (Å²) in [6.45, 7) is 4.15. The minimum atomic E-state index is -0.596. The largest absolute Gasteiger partial charge is 0.388 e. The first-order chi connectivity index (χ1) is 7.23. The third kappa shape index (κ3) is 2.69. The minimum absolute atomic E-state index is 0.397. The van der Waals surface area contributed by atoms with E-state index in [0.29, 0.717) is 12.6 Å². The second-order valence-electron chi connectivity index (χ2n) is 4.81. The molecule has 0 aromatic heterocycles. The monoisotopic (exact) mass is 214 g/mol. The summed E-state index contributed by atoms with van der Waals surface area (Å²) in [6.07, 6.45) is 3.92. The molecular weight excluding hydrogens is 192 g/mol. The van der Waals surface area contributed by atoms with Gasteiger partial charge in [0, 0.05) is 38.9 Å². The molecule has 2 fully saturated rings. The highest BCUT2D eigenvalue weighted by atomic mass is 16.5. The number of piperidine rings is 1. The van der Waals surface area contributed by atoms with Crippen LogP contribution in [0.15, 0.2) is 0 Å². The topological polar surface area (TPSA) is 58.7 Å². The lowest BCUT2D eigenvalue weighted by Crippen LogP contribution is -2.52. The van der Waals surface area contributed by atoms with Crippen LogP contribution in [-0.2, 0) is 4.74 Å². The number of hydrogen-bond donors (Lipinski definition) is 2. The molecule has 0 aromatic carbocycles. The van der Waals surface area contributed by atoms with Crippen LogP contribution in [0.4, 0.5) is 0 Å². The van der Waals surface area contributed by atoms with Gasteiger partial charge in [-0.25, -0.2) is 0 Å². The Morgan fingerprint density at radius 3 is 2.40 bits per heavy atom. The Hall–Kier alpha value is -0.160. The molecule has 2 heterocycles. The Morgan fingerprint density at radius 1 is 1.27 bits per heavy atom. The summed E-state index contributed by atoms with van der Waals surface area (Å²) >= 11 is 0. The van der Waals surface area contributed by atoms with Crippen LogP contribution in [0, 0.1) is 0 Å². The average Bonchev–Trinajstić information content (AvgIpc) is 2.31. The van der Waals surface area contributed by atoms with Crippen LogP contribution in [0.2, 0.25) is 0 Å².